The van der Waals surface area contributed by atoms with E-state index in [1.165, 1.54) is 12.1 Å². The van der Waals surface area contributed by atoms with Gasteiger partial charge in [-0.1, -0.05) is 11.6 Å². The third kappa shape index (κ3) is 4.89. The van der Waals surface area contributed by atoms with Crippen molar-refractivity contribution < 1.29 is 13.7 Å². The molecule has 0 unspecified atom stereocenters. The van der Waals surface area contributed by atoms with Crippen LogP contribution in [0.2, 0.25) is 5.02 Å². The molecule has 0 amide bonds. The Bertz CT molecular complexity index is 503. The Morgan fingerprint density at radius 3 is 2.36 bits per heavy atom. The first-order valence-corrected chi connectivity index (χ1v) is 6.55. The van der Waals surface area contributed by atoms with Gasteiger partial charge in [-0.3, -0.25) is 15.0 Å². The molecule has 1 heterocycles. The number of nitro benzene ring substituents is 1. The van der Waals surface area contributed by atoms with Gasteiger partial charge in [-0.2, -0.15) is 0 Å². The van der Waals surface area contributed by atoms with Crippen LogP contribution >= 0.6 is 36.4 Å². The summed E-state index contributed by atoms with van der Waals surface area (Å²) in [4.78, 5) is 11.8. The summed E-state index contributed by atoms with van der Waals surface area (Å²) in [6.45, 7) is 2.12. The van der Waals surface area contributed by atoms with Gasteiger partial charge in [0, 0.05) is 48.9 Å². The Kier molecular flexibility index (Phi) is 9.11. The highest BCUT2D eigenvalue weighted by molar-refractivity contribution is 6.31. The van der Waals surface area contributed by atoms with Crippen LogP contribution in [0.5, 0.6) is 0 Å². The average Bonchev–Trinajstić information content (AvgIpc) is 2.41. The van der Waals surface area contributed by atoms with Crippen LogP contribution in [0.4, 0.5) is 14.5 Å². The minimum Gasteiger partial charge on any atom is -0.314 e. The number of nitrogens with one attached hydrogen (secondary N) is 1. The molecule has 0 radical (unpaired) electrons. The van der Waals surface area contributed by atoms with E-state index < -0.39 is 17.4 Å². The molecule has 1 aromatic carbocycles. The summed E-state index contributed by atoms with van der Waals surface area (Å²) in [5.41, 5.74) is -0.122. The van der Waals surface area contributed by atoms with Crippen LogP contribution in [0.15, 0.2) is 18.2 Å². The molecule has 22 heavy (non-hydrogen) atoms. The van der Waals surface area contributed by atoms with Crippen LogP contribution in [-0.4, -0.2) is 42.4 Å². The monoisotopic (exact) mass is 377 g/mol. The van der Waals surface area contributed by atoms with Crippen molar-refractivity contribution in [3.63, 3.8) is 0 Å². The number of hydrogen-bond donors (Lipinski definition) is 1. The van der Waals surface area contributed by atoms with Crippen molar-refractivity contribution in [2.75, 3.05) is 26.2 Å². The predicted octanol–water partition coefficient (Wildman–Crippen LogP) is 3.30. The van der Waals surface area contributed by atoms with Crippen LogP contribution in [0.25, 0.3) is 0 Å². The molecular weight excluding hydrogens is 363 g/mol. The molecule has 5 nitrogen and oxygen atoms in total. The Balaban J connectivity index is 0.00000220. The molecule has 1 aliphatic rings. The van der Waals surface area contributed by atoms with Gasteiger partial charge in [0.25, 0.3) is 12.1 Å². The van der Waals surface area contributed by atoms with E-state index in [1.807, 2.05) is 0 Å². The summed E-state index contributed by atoms with van der Waals surface area (Å²) in [5, 5.41) is 14.0. The summed E-state index contributed by atoms with van der Waals surface area (Å²) >= 11 is 5.96. The molecule has 126 valence electrons. The maximum atomic E-state index is 13.4. The van der Waals surface area contributed by atoms with E-state index in [2.05, 4.69) is 5.32 Å². The van der Waals surface area contributed by atoms with Crippen LogP contribution in [0, 0.1) is 10.1 Å². The lowest BCUT2D eigenvalue weighted by atomic mass is 10.0. The lowest BCUT2D eigenvalue weighted by molar-refractivity contribution is -0.385. The first-order valence-electron chi connectivity index (χ1n) is 6.17. The van der Waals surface area contributed by atoms with Crippen molar-refractivity contribution in [2.45, 2.75) is 12.5 Å². The van der Waals surface area contributed by atoms with E-state index in [0.29, 0.717) is 26.2 Å². The lowest BCUT2D eigenvalue weighted by Crippen LogP contribution is -2.47. The quantitative estimate of drug-likeness (QED) is 0.645. The van der Waals surface area contributed by atoms with Crippen LogP contribution in [0.1, 0.15) is 11.6 Å². The van der Waals surface area contributed by atoms with E-state index >= 15 is 0 Å². The molecule has 2 rings (SSSR count). The summed E-state index contributed by atoms with van der Waals surface area (Å²) in [5.74, 6) is 0. The summed E-state index contributed by atoms with van der Waals surface area (Å²) in [6.07, 6.45) is -2.66. The Labute approximate surface area is 144 Å². The van der Waals surface area contributed by atoms with Crippen molar-refractivity contribution in [1.82, 2.24) is 10.2 Å². The average molecular weight is 379 g/mol. The second-order valence-corrected chi connectivity index (χ2v) is 4.94. The molecular formula is C12H16Cl3F2N3O2. The number of halogens is 5. The van der Waals surface area contributed by atoms with Crippen LogP contribution < -0.4 is 5.32 Å². The fourth-order valence-electron chi connectivity index (χ4n) is 2.32. The summed E-state index contributed by atoms with van der Waals surface area (Å²) < 4.78 is 26.8. The summed E-state index contributed by atoms with van der Waals surface area (Å²) in [7, 11) is 0. The van der Waals surface area contributed by atoms with Crippen molar-refractivity contribution in [3.8, 4) is 0 Å². The fraction of sp³-hybridized carbons (Fsp3) is 0.500. The van der Waals surface area contributed by atoms with Gasteiger partial charge in [0.05, 0.1) is 11.0 Å². The molecule has 1 aromatic rings. The zero-order valence-corrected chi connectivity index (χ0v) is 13.8. The molecule has 0 bridgehead atoms. The van der Waals surface area contributed by atoms with E-state index in [0.717, 1.165) is 6.07 Å². The van der Waals surface area contributed by atoms with Gasteiger partial charge in [0.1, 0.15) is 0 Å². The molecule has 1 N–H and O–H groups in total. The molecule has 10 heteroatoms. The Hall–Kier alpha value is -0.730. The number of non-ortho nitro benzene ring substituents is 1. The first kappa shape index (κ1) is 21.3. The van der Waals surface area contributed by atoms with Gasteiger partial charge in [0.15, 0.2) is 0 Å². The Morgan fingerprint density at radius 1 is 1.27 bits per heavy atom. The highest BCUT2D eigenvalue weighted by Gasteiger charge is 2.32. The topological polar surface area (TPSA) is 58.4 Å². The fourth-order valence-corrected chi connectivity index (χ4v) is 2.55. The number of alkyl halides is 2. The molecule has 1 fully saturated rings. The predicted molar refractivity (Wildman–Crippen MR) is 85.8 cm³/mol. The van der Waals surface area contributed by atoms with Gasteiger partial charge < -0.3 is 5.32 Å². The van der Waals surface area contributed by atoms with Gasteiger partial charge in [0.2, 0.25) is 0 Å². The van der Waals surface area contributed by atoms with Crippen molar-refractivity contribution in [2.24, 2.45) is 0 Å². The van der Waals surface area contributed by atoms with Crippen molar-refractivity contribution >= 4 is 42.1 Å². The standard InChI is InChI=1S/C12H14ClF2N3O2.2ClH/c13-10-2-1-8(18(19)20)7-9(10)11(12(14)15)17-5-3-16-4-6-17;;/h1-2,7,11-12,16H,3-6H2;2*1H/t11-;;/m1../s1. The number of rotatable bonds is 4. The minimum atomic E-state index is -2.66. The molecule has 0 saturated carbocycles. The van der Waals surface area contributed by atoms with Crippen LogP contribution in [-0.2, 0) is 0 Å². The largest absolute Gasteiger partial charge is 0.314 e. The second-order valence-electron chi connectivity index (χ2n) is 4.53. The van der Waals surface area contributed by atoms with Gasteiger partial charge >= 0.3 is 0 Å². The van der Waals surface area contributed by atoms with Gasteiger partial charge in [-0.15, -0.1) is 24.8 Å². The number of benzene rings is 1. The molecule has 0 aromatic heterocycles. The number of hydrogen-bond acceptors (Lipinski definition) is 4. The van der Waals surface area contributed by atoms with Crippen molar-refractivity contribution in [1.29, 1.82) is 0 Å². The summed E-state index contributed by atoms with van der Waals surface area (Å²) in [6, 6.07) is 2.43. The highest BCUT2D eigenvalue weighted by atomic mass is 35.5. The number of piperazine rings is 1. The molecule has 1 saturated heterocycles. The second kappa shape index (κ2) is 9.42. The van der Waals surface area contributed by atoms with E-state index in [9.17, 15) is 18.9 Å². The molecule has 0 spiro atoms. The van der Waals surface area contributed by atoms with E-state index in [1.54, 1.807) is 4.90 Å². The minimum absolute atomic E-state index is 0. The zero-order valence-electron chi connectivity index (χ0n) is 11.4. The van der Waals surface area contributed by atoms with Gasteiger partial charge in [-0.05, 0) is 6.07 Å². The first-order chi connectivity index (χ1) is 9.50. The maximum absolute atomic E-state index is 13.4. The third-order valence-electron chi connectivity index (χ3n) is 3.29. The van der Waals surface area contributed by atoms with E-state index in [-0.39, 0.29) is 41.1 Å². The van der Waals surface area contributed by atoms with Crippen LogP contribution in [0.3, 0.4) is 0 Å². The molecule has 1 aliphatic heterocycles. The zero-order chi connectivity index (χ0) is 14.7. The molecule has 1 atom stereocenters. The lowest BCUT2D eigenvalue weighted by Gasteiger charge is -2.34. The normalized spacial score (nSPS) is 16.5. The number of nitrogens with zero attached hydrogens (tertiary/aromatic N) is 2. The molecule has 0 aliphatic carbocycles. The van der Waals surface area contributed by atoms with E-state index in [4.69, 9.17) is 11.6 Å². The number of nitro groups is 1. The highest BCUT2D eigenvalue weighted by Crippen LogP contribution is 2.34. The Morgan fingerprint density at radius 2 is 1.86 bits per heavy atom. The van der Waals surface area contributed by atoms with Crippen molar-refractivity contribution in [3.05, 3.63) is 38.9 Å². The smallest absolute Gasteiger partial charge is 0.269 e. The van der Waals surface area contributed by atoms with Gasteiger partial charge in [-0.25, -0.2) is 8.78 Å². The maximum Gasteiger partial charge on any atom is 0.269 e. The third-order valence-corrected chi connectivity index (χ3v) is 3.64. The SMILES string of the molecule is Cl.Cl.O=[N+]([O-])c1ccc(Cl)c([C@H](C(F)F)N2CCNCC2)c1.